The summed E-state index contributed by atoms with van der Waals surface area (Å²) in [6, 6.07) is 15.8. The Morgan fingerprint density at radius 2 is 1.96 bits per heavy atom. The molecule has 0 saturated carbocycles. The number of aldehydes is 1. The molecule has 2 aromatic rings. The number of rotatable bonds is 7. The standard InChI is InChI=1S/C21H25ClN2O2/c22-19-6-2-1-5-17(19)15-26-18-10-8-16(9-11-18)13-24-20-7-3-4-12-23-21(20)14-25/h1-2,5-6,8-11,14,20-21,23-24H,3-4,7,12-13,15H2. The Kier molecular flexibility index (Phi) is 7.06. The molecule has 1 aliphatic heterocycles. The largest absolute Gasteiger partial charge is 0.489 e. The van der Waals surface area contributed by atoms with Gasteiger partial charge in [-0.25, -0.2) is 0 Å². The van der Waals surface area contributed by atoms with Gasteiger partial charge < -0.3 is 20.2 Å². The van der Waals surface area contributed by atoms with Gasteiger partial charge in [0.1, 0.15) is 18.6 Å². The van der Waals surface area contributed by atoms with E-state index in [-0.39, 0.29) is 12.1 Å². The number of halogens is 1. The molecule has 2 atom stereocenters. The summed E-state index contributed by atoms with van der Waals surface area (Å²) in [7, 11) is 0. The lowest BCUT2D eigenvalue weighted by Crippen LogP contribution is -2.47. The Hall–Kier alpha value is -1.88. The third kappa shape index (κ3) is 5.31. The van der Waals surface area contributed by atoms with Crippen molar-refractivity contribution in [2.24, 2.45) is 0 Å². The first-order valence-electron chi connectivity index (χ1n) is 9.13. The maximum absolute atomic E-state index is 11.3. The first kappa shape index (κ1) is 18.9. The van der Waals surface area contributed by atoms with E-state index in [9.17, 15) is 4.79 Å². The van der Waals surface area contributed by atoms with E-state index in [0.29, 0.717) is 6.61 Å². The van der Waals surface area contributed by atoms with Gasteiger partial charge in [0.2, 0.25) is 0 Å². The molecule has 1 aliphatic rings. The molecule has 0 aromatic heterocycles. The van der Waals surface area contributed by atoms with Crippen LogP contribution in [0.1, 0.15) is 30.4 Å². The van der Waals surface area contributed by atoms with E-state index >= 15 is 0 Å². The Morgan fingerprint density at radius 3 is 2.73 bits per heavy atom. The van der Waals surface area contributed by atoms with E-state index in [1.807, 2.05) is 36.4 Å². The minimum absolute atomic E-state index is 0.101. The smallest absolute Gasteiger partial charge is 0.138 e. The molecule has 1 fully saturated rings. The topological polar surface area (TPSA) is 50.4 Å². The van der Waals surface area contributed by atoms with E-state index in [0.717, 1.165) is 55.0 Å². The number of carbonyl (C=O) groups is 1. The summed E-state index contributed by atoms with van der Waals surface area (Å²) in [4.78, 5) is 11.3. The van der Waals surface area contributed by atoms with Gasteiger partial charge in [0, 0.05) is 23.2 Å². The third-order valence-electron chi connectivity index (χ3n) is 4.75. The highest BCUT2D eigenvalue weighted by Crippen LogP contribution is 2.19. The molecular formula is C21H25ClN2O2. The van der Waals surface area contributed by atoms with Crippen LogP contribution in [0.25, 0.3) is 0 Å². The molecule has 1 saturated heterocycles. The Labute approximate surface area is 159 Å². The van der Waals surface area contributed by atoms with Crippen molar-refractivity contribution in [1.82, 2.24) is 10.6 Å². The summed E-state index contributed by atoms with van der Waals surface area (Å²) in [6.07, 6.45) is 4.31. The number of nitrogens with one attached hydrogen (secondary N) is 2. The van der Waals surface area contributed by atoms with Crippen LogP contribution < -0.4 is 15.4 Å². The summed E-state index contributed by atoms with van der Waals surface area (Å²) in [6.45, 7) is 2.10. The summed E-state index contributed by atoms with van der Waals surface area (Å²) < 4.78 is 5.81. The molecule has 5 heteroatoms. The fraction of sp³-hybridized carbons (Fsp3) is 0.381. The van der Waals surface area contributed by atoms with Gasteiger partial charge in [-0.05, 0) is 43.1 Å². The predicted molar refractivity (Wildman–Crippen MR) is 105 cm³/mol. The van der Waals surface area contributed by atoms with Crippen LogP contribution >= 0.6 is 11.6 Å². The Bertz CT molecular complexity index is 705. The van der Waals surface area contributed by atoms with Crippen molar-refractivity contribution in [2.45, 2.75) is 44.5 Å². The highest BCUT2D eigenvalue weighted by molar-refractivity contribution is 6.31. The molecule has 0 radical (unpaired) electrons. The van der Waals surface area contributed by atoms with Crippen LogP contribution in [0.3, 0.4) is 0 Å². The van der Waals surface area contributed by atoms with Crippen LogP contribution in [0.5, 0.6) is 5.75 Å². The minimum Gasteiger partial charge on any atom is -0.489 e. The van der Waals surface area contributed by atoms with E-state index in [4.69, 9.17) is 16.3 Å². The van der Waals surface area contributed by atoms with Crippen molar-refractivity contribution in [3.63, 3.8) is 0 Å². The molecule has 138 valence electrons. The lowest BCUT2D eigenvalue weighted by Gasteiger charge is -2.22. The lowest BCUT2D eigenvalue weighted by molar-refractivity contribution is -0.110. The van der Waals surface area contributed by atoms with Crippen LogP contribution in [0.4, 0.5) is 0 Å². The SMILES string of the molecule is O=CC1NCCCCC1NCc1ccc(OCc2ccccc2Cl)cc1. The van der Waals surface area contributed by atoms with Gasteiger partial charge in [-0.2, -0.15) is 0 Å². The molecule has 1 heterocycles. The third-order valence-corrected chi connectivity index (χ3v) is 5.11. The van der Waals surface area contributed by atoms with Crippen LogP contribution in [0, 0.1) is 0 Å². The zero-order valence-corrected chi connectivity index (χ0v) is 15.5. The summed E-state index contributed by atoms with van der Waals surface area (Å²) >= 11 is 6.15. The zero-order chi connectivity index (χ0) is 18.2. The van der Waals surface area contributed by atoms with Gasteiger partial charge in [0.05, 0.1) is 6.04 Å². The number of hydrogen-bond donors (Lipinski definition) is 2. The molecule has 2 N–H and O–H groups in total. The first-order valence-corrected chi connectivity index (χ1v) is 9.51. The molecule has 3 rings (SSSR count). The normalized spacial score (nSPS) is 20.3. The van der Waals surface area contributed by atoms with Gasteiger partial charge in [0.25, 0.3) is 0 Å². The van der Waals surface area contributed by atoms with E-state index < -0.39 is 0 Å². The maximum Gasteiger partial charge on any atom is 0.138 e. The number of benzene rings is 2. The molecule has 2 aromatic carbocycles. The second kappa shape index (κ2) is 9.72. The summed E-state index contributed by atoms with van der Waals surface area (Å²) in [5, 5.41) is 7.53. The monoisotopic (exact) mass is 372 g/mol. The summed E-state index contributed by atoms with van der Waals surface area (Å²) in [5.74, 6) is 0.815. The predicted octanol–water partition coefficient (Wildman–Crippen LogP) is 3.72. The van der Waals surface area contributed by atoms with Crippen molar-refractivity contribution in [3.8, 4) is 5.75 Å². The van der Waals surface area contributed by atoms with E-state index in [2.05, 4.69) is 22.8 Å². The zero-order valence-electron chi connectivity index (χ0n) is 14.8. The Morgan fingerprint density at radius 1 is 1.15 bits per heavy atom. The van der Waals surface area contributed by atoms with Gasteiger partial charge in [-0.15, -0.1) is 0 Å². The molecule has 4 nitrogen and oxygen atoms in total. The molecule has 0 spiro atoms. The molecule has 2 unspecified atom stereocenters. The molecule has 0 aliphatic carbocycles. The van der Waals surface area contributed by atoms with Crippen LogP contribution in [-0.2, 0) is 17.9 Å². The van der Waals surface area contributed by atoms with Gasteiger partial charge in [-0.1, -0.05) is 48.4 Å². The maximum atomic E-state index is 11.3. The second-order valence-electron chi connectivity index (χ2n) is 6.62. The highest BCUT2D eigenvalue weighted by Gasteiger charge is 2.22. The van der Waals surface area contributed by atoms with Crippen LogP contribution in [-0.4, -0.2) is 24.9 Å². The lowest BCUT2D eigenvalue weighted by atomic mass is 10.0. The van der Waals surface area contributed by atoms with Crippen molar-refractivity contribution in [1.29, 1.82) is 0 Å². The van der Waals surface area contributed by atoms with Gasteiger partial charge in [0.15, 0.2) is 0 Å². The molecule has 0 bridgehead atoms. The van der Waals surface area contributed by atoms with Crippen molar-refractivity contribution in [2.75, 3.05) is 6.54 Å². The fourth-order valence-corrected chi connectivity index (χ4v) is 3.37. The average molecular weight is 373 g/mol. The number of hydrogen-bond acceptors (Lipinski definition) is 4. The van der Waals surface area contributed by atoms with Crippen LogP contribution in [0.15, 0.2) is 48.5 Å². The van der Waals surface area contributed by atoms with Gasteiger partial charge >= 0.3 is 0 Å². The molecule has 26 heavy (non-hydrogen) atoms. The number of carbonyl (C=O) groups excluding carboxylic acids is 1. The Balaban J connectivity index is 1.51. The van der Waals surface area contributed by atoms with Crippen LogP contribution in [0.2, 0.25) is 5.02 Å². The summed E-state index contributed by atoms with van der Waals surface area (Å²) in [5.41, 5.74) is 2.14. The first-order chi connectivity index (χ1) is 12.8. The highest BCUT2D eigenvalue weighted by atomic mass is 35.5. The fourth-order valence-electron chi connectivity index (χ4n) is 3.18. The second-order valence-corrected chi connectivity index (χ2v) is 7.03. The molecular weight excluding hydrogens is 348 g/mol. The van der Waals surface area contributed by atoms with Gasteiger partial charge in [-0.3, -0.25) is 0 Å². The average Bonchev–Trinajstić information content (AvgIpc) is 2.91. The van der Waals surface area contributed by atoms with E-state index in [1.165, 1.54) is 5.56 Å². The van der Waals surface area contributed by atoms with Crippen molar-refractivity contribution in [3.05, 3.63) is 64.7 Å². The van der Waals surface area contributed by atoms with Crippen molar-refractivity contribution < 1.29 is 9.53 Å². The number of ether oxygens (including phenoxy) is 1. The minimum atomic E-state index is -0.101. The van der Waals surface area contributed by atoms with Crippen molar-refractivity contribution >= 4 is 17.9 Å². The molecule has 0 amide bonds. The quantitative estimate of drug-likeness (QED) is 0.727. The van der Waals surface area contributed by atoms with E-state index in [1.54, 1.807) is 0 Å².